The summed E-state index contributed by atoms with van der Waals surface area (Å²) >= 11 is 3.32. The van der Waals surface area contributed by atoms with E-state index in [9.17, 15) is 9.59 Å². The first-order valence-electron chi connectivity index (χ1n) is 6.09. The molecule has 0 radical (unpaired) electrons. The van der Waals surface area contributed by atoms with Gasteiger partial charge in [0.15, 0.2) is 0 Å². The molecule has 4 heteroatoms. The van der Waals surface area contributed by atoms with Gasteiger partial charge in [-0.15, -0.1) is 0 Å². The third kappa shape index (κ3) is 2.00. The van der Waals surface area contributed by atoms with Crippen LogP contribution in [0, 0.1) is 11.8 Å². The minimum absolute atomic E-state index is 0.418. The number of esters is 2. The Bertz CT molecular complexity index is 776. The van der Waals surface area contributed by atoms with Crippen LogP contribution in [0.25, 0.3) is 10.8 Å². The molecule has 3 nitrogen and oxygen atoms in total. The number of carbonyl (C=O) groups excluding carboxylic acids is 2. The third-order valence-electron chi connectivity index (χ3n) is 3.11. The number of hydrogen-bond donors (Lipinski definition) is 0. The molecule has 20 heavy (non-hydrogen) atoms. The lowest BCUT2D eigenvalue weighted by atomic mass is 9.94. The predicted molar refractivity (Wildman–Crippen MR) is 79.0 cm³/mol. The van der Waals surface area contributed by atoms with Gasteiger partial charge >= 0.3 is 11.9 Å². The topological polar surface area (TPSA) is 43.4 Å². The highest BCUT2D eigenvalue weighted by Gasteiger charge is 2.27. The van der Waals surface area contributed by atoms with Gasteiger partial charge < -0.3 is 4.74 Å². The predicted octanol–water partition coefficient (Wildman–Crippen LogP) is 3.29. The minimum atomic E-state index is -0.598. The van der Waals surface area contributed by atoms with Crippen molar-refractivity contribution in [1.82, 2.24) is 0 Å². The van der Waals surface area contributed by atoms with Crippen LogP contribution in [0.5, 0.6) is 0 Å². The molecule has 0 spiro atoms. The molecule has 0 bridgehead atoms. The van der Waals surface area contributed by atoms with E-state index >= 15 is 0 Å². The lowest BCUT2D eigenvalue weighted by Crippen LogP contribution is -2.19. The van der Waals surface area contributed by atoms with Crippen LogP contribution in [0.3, 0.4) is 0 Å². The first kappa shape index (κ1) is 12.9. The monoisotopic (exact) mass is 328 g/mol. The van der Waals surface area contributed by atoms with Crippen molar-refractivity contribution in [3.8, 4) is 11.8 Å². The summed E-state index contributed by atoms with van der Waals surface area (Å²) in [6.07, 6.45) is 0.740. The molecule has 1 heterocycles. The molecule has 2 aromatic carbocycles. The molecule has 0 fully saturated rings. The first-order valence-corrected chi connectivity index (χ1v) is 7.21. The maximum atomic E-state index is 11.8. The molecule has 0 saturated heterocycles. The molecule has 2 aromatic rings. The zero-order valence-corrected chi connectivity index (χ0v) is 12.0. The van der Waals surface area contributed by atoms with Gasteiger partial charge in [-0.05, 0) is 23.6 Å². The fourth-order valence-electron chi connectivity index (χ4n) is 2.26. The number of ether oxygens (including phenoxy) is 1. The molecule has 0 N–H and O–H groups in total. The number of hydrogen-bond acceptors (Lipinski definition) is 3. The van der Waals surface area contributed by atoms with E-state index in [0.717, 1.165) is 22.7 Å². The summed E-state index contributed by atoms with van der Waals surface area (Å²) < 4.78 is 4.72. The Kier molecular flexibility index (Phi) is 3.29. The van der Waals surface area contributed by atoms with Crippen LogP contribution < -0.4 is 0 Å². The van der Waals surface area contributed by atoms with Gasteiger partial charge in [0.05, 0.1) is 11.1 Å². The maximum absolute atomic E-state index is 11.8. The second kappa shape index (κ2) is 5.10. The molecule has 0 aromatic heterocycles. The van der Waals surface area contributed by atoms with Crippen LogP contribution >= 0.6 is 15.9 Å². The van der Waals surface area contributed by atoms with Crippen molar-refractivity contribution in [1.29, 1.82) is 0 Å². The Labute approximate surface area is 124 Å². The molecule has 98 valence electrons. The Morgan fingerprint density at radius 3 is 2.55 bits per heavy atom. The quantitative estimate of drug-likeness (QED) is 0.349. The van der Waals surface area contributed by atoms with E-state index in [1.807, 2.05) is 6.07 Å². The lowest BCUT2D eigenvalue weighted by Gasteiger charge is -2.15. The van der Waals surface area contributed by atoms with Crippen molar-refractivity contribution < 1.29 is 14.3 Å². The molecule has 1 aliphatic heterocycles. The molecular formula is C16H9BrO3. The molecule has 3 rings (SSSR count). The number of rotatable bonds is 1. The van der Waals surface area contributed by atoms with Crippen molar-refractivity contribution in [2.45, 2.75) is 6.42 Å². The third-order valence-corrected chi connectivity index (χ3v) is 3.50. The number of benzene rings is 2. The van der Waals surface area contributed by atoms with Crippen molar-refractivity contribution >= 4 is 38.6 Å². The van der Waals surface area contributed by atoms with Gasteiger partial charge in [-0.2, -0.15) is 0 Å². The fourth-order valence-corrected chi connectivity index (χ4v) is 2.45. The van der Waals surface area contributed by atoms with Crippen LogP contribution in [0.4, 0.5) is 0 Å². The fraction of sp³-hybridized carbons (Fsp3) is 0.125. The maximum Gasteiger partial charge on any atom is 0.346 e. The Balaban J connectivity index is 2.30. The number of cyclic esters (lactones) is 2. The smallest absolute Gasteiger partial charge is 0.346 e. The van der Waals surface area contributed by atoms with E-state index in [0.29, 0.717) is 16.5 Å². The van der Waals surface area contributed by atoms with Crippen LogP contribution in [0.15, 0.2) is 30.3 Å². The SMILES string of the molecule is O=C1OC(=O)c2ccc(C#CCCBr)c3cccc1c23. The van der Waals surface area contributed by atoms with Gasteiger partial charge in [-0.1, -0.05) is 39.9 Å². The van der Waals surface area contributed by atoms with Gasteiger partial charge in [-0.25, -0.2) is 9.59 Å². The zero-order chi connectivity index (χ0) is 14.1. The van der Waals surface area contributed by atoms with Gasteiger partial charge in [0.2, 0.25) is 0 Å². The summed E-state index contributed by atoms with van der Waals surface area (Å²) in [5.41, 5.74) is 1.65. The summed E-state index contributed by atoms with van der Waals surface area (Å²) in [5.74, 6) is 4.92. The van der Waals surface area contributed by atoms with Crippen molar-refractivity contribution in [2.75, 3.05) is 5.33 Å². The van der Waals surface area contributed by atoms with E-state index in [-0.39, 0.29) is 0 Å². The number of halogens is 1. The van der Waals surface area contributed by atoms with E-state index in [2.05, 4.69) is 27.8 Å². The summed E-state index contributed by atoms with van der Waals surface area (Å²) in [5, 5.41) is 2.26. The van der Waals surface area contributed by atoms with E-state index in [1.165, 1.54) is 0 Å². The minimum Gasteiger partial charge on any atom is -0.386 e. The van der Waals surface area contributed by atoms with Crippen molar-refractivity contribution in [3.63, 3.8) is 0 Å². The van der Waals surface area contributed by atoms with E-state index < -0.39 is 11.9 Å². The molecule has 0 aliphatic carbocycles. The highest BCUT2D eigenvalue weighted by Crippen LogP contribution is 2.30. The molecular weight excluding hydrogens is 320 g/mol. The highest BCUT2D eigenvalue weighted by atomic mass is 79.9. The van der Waals surface area contributed by atoms with Crippen LogP contribution in [0.1, 0.15) is 32.7 Å². The van der Waals surface area contributed by atoms with Crippen molar-refractivity contribution in [3.05, 3.63) is 47.0 Å². The Morgan fingerprint density at radius 2 is 1.80 bits per heavy atom. The summed E-state index contributed by atoms with van der Waals surface area (Å²) in [7, 11) is 0. The Hall–Kier alpha value is -2.12. The van der Waals surface area contributed by atoms with Gasteiger partial charge in [0.25, 0.3) is 0 Å². The average Bonchev–Trinajstić information content (AvgIpc) is 2.45. The molecule has 0 atom stereocenters. The first-order chi connectivity index (χ1) is 9.72. The summed E-state index contributed by atoms with van der Waals surface area (Å²) in [4.78, 5) is 23.5. The molecule has 0 saturated carbocycles. The largest absolute Gasteiger partial charge is 0.386 e. The summed E-state index contributed by atoms with van der Waals surface area (Å²) in [6.45, 7) is 0. The Morgan fingerprint density at radius 1 is 1.05 bits per heavy atom. The number of alkyl halides is 1. The highest BCUT2D eigenvalue weighted by molar-refractivity contribution is 9.09. The molecule has 0 amide bonds. The van der Waals surface area contributed by atoms with Crippen LogP contribution in [0.2, 0.25) is 0 Å². The van der Waals surface area contributed by atoms with Gasteiger partial charge in [0, 0.05) is 22.7 Å². The van der Waals surface area contributed by atoms with E-state index in [1.54, 1.807) is 24.3 Å². The zero-order valence-electron chi connectivity index (χ0n) is 10.4. The second-order valence-corrected chi connectivity index (χ2v) is 5.10. The number of carbonyl (C=O) groups is 2. The normalized spacial score (nSPS) is 12.8. The van der Waals surface area contributed by atoms with Gasteiger partial charge in [-0.3, -0.25) is 0 Å². The van der Waals surface area contributed by atoms with E-state index in [4.69, 9.17) is 4.74 Å². The van der Waals surface area contributed by atoms with Crippen LogP contribution in [-0.2, 0) is 4.74 Å². The molecule has 0 unspecified atom stereocenters. The van der Waals surface area contributed by atoms with Crippen LogP contribution in [-0.4, -0.2) is 17.3 Å². The second-order valence-electron chi connectivity index (χ2n) is 4.31. The standard InChI is InChI=1S/C16H9BrO3/c17-9-2-1-4-10-7-8-13-14-11(10)5-3-6-12(14)15(18)20-16(13)19/h3,5-8H,2,9H2. The summed E-state index contributed by atoms with van der Waals surface area (Å²) in [6, 6.07) is 8.76. The van der Waals surface area contributed by atoms with Crippen molar-refractivity contribution in [2.24, 2.45) is 0 Å². The lowest BCUT2D eigenvalue weighted by molar-refractivity contribution is 0.0391. The molecule has 1 aliphatic rings. The average molecular weight is 329 g/mol. The van der Waals surface area contributed by atoms with Gasteiger partial charge in [0.1, 0.15) is 0 Å².